The Balaban J connectivity index is 1.62. The molecule has 2 heterocycles. The molecule has 50 heavy (non-hydrogen) atoms. The fourth-order valence-electron chi connectivity index (χ4n) is 7.92. The van der Waals surface area contributed by atoms with Crippen LogP contribution in [0.3, 0.4) is 0 Å². The molecule has 2 fully saturated rings. The largest absolute Gasteiger partial charge is 0.464 e. The molecule has 10 nitrogen and oxygen atoms in total. The van der Waals surface area contributed by atoms with Crippen molar-refractivity contribution < 1.29 is 28.7 Å². The van der Waals surface area contributed by atoms with E-state index in [0.29, 0.717) is 38.8 Å². The van der Waals surface area contributed by atoms with E-state index in [0.717, 1.165) is 64.2 Å². The van der Waals surface area contributed by atoms with E-state index in [1.54, 1.807) is 0 Å². The summed E-state index contributed by atoms with van der Waals surface area (Å²) >= 11 is 0. The highest BCUT2D eigenvalue weighted by Gasteiger charge is 2.41. The van der Waals surface area contributed by atoms with E-state index in [2.05, 4.69) is 93.7 Å². The molecular formula is C40H74N4O6. The number of unbranched alkanes of at least 4 members (excludes halogenated alkanes) is 5. The molecule has 0 aliphatic carbocycles. The summed E-state index contributed by atoms with van der Waals surface area (Å²) in [4.78, 5) is 55.3. The Morgan fingerprint density at radius 1 is 0.520 bits per heavy atom. The van der Waals surface area contributed by atoms with Gasteiger partial charge in [-0.15, -0.1) is 0 Å². The number of carbonyl (C=O) groups excluding carboxylic acids is 4. The Labute approximate surface area is 304 Å². The van der Waals surface area contributed by atoms with Gasteiger partial charge in [-0.2, -0.15) is 0 Å². The summed E-state index contributed by atoms with van der Waals surface area (Å²) in [5, 5.41) is 7.30. The Hall–Kier alpha value is -2.20. The van der Waals surface area contributed by atoms with Gasteiger partial charge < -0.3 is 29.9 Å². The van der Waals surface area contributed by atoms with E-state index in [4.69, 9.17) is 9.47 Å². The van der Waals surface area contributed by atoms with Crippen LogP contribution in [-0.2, 0) is 28.7 Å². The number of amides is 2. The zero-order valence-electron chi connectivity index (χ0n) is 34.1. The van der Waals surface area contributed by atoms with E-state index < -0.39 is 0 Å². The highest BCUT2D eigenvalue weighted by molar-refractivity contribution is 5.79. The van der Waals surface area contributed by atoms with Gasteiger partial charge in [-0.25, -0.2) is 0 Å². The number of carbonyl (C=O) groups is 4. The van der Waals surface area contributed by atoms with Gasteiger partial charge in [0.05, 0.1) is 13.1 Å². The molecule has 290 valence electrons. The van der Waals surface area contributed by atoms with Crippen molar-refractivity contribution in [2.45, 2.75) is 206 Å². The maximum Gasteiger partial charge on any atom is 0.305 e. The van der Waals surface area contributed by atoms with Crippen molar-refractivity contribution in [3.05, 3.63) is 0 Å². The first kappa shape index (κ1) is 44.0. The van der Waals surface area contributed by atoms with Crippen molar-refractivity contribution >= 4 is 23.8 Å². The van der Waals surface area contributed by atoms with Crippen LogP contribution in [0.1, 0.15) is 173 Å². The molecule has 0 radical (unpaired) electrons. The van der Waals surface area contributed by atoms with E-state index >= 15 is 0 Å². The molecule has 0 aromatic carbocycles. The molecule has 2 rings (SSSR count). The molecule has 2 saturated heterocycles. The Kier molecular flexibility index (Phi) is 15.8. The summed E-state index contributed by atoms with van der Waals surface area (Å²) in [6.07, 6.45) is 10.5. The second kappa shape index (κ2) is 18.0. The predicted molar refractivity (Wildman–Crippen MR) is 201 cm³/mol. The van der Waals surface area contributed by atoms with Gasteiger partial charge in [-0.3, -0.25) is 19.2 Å². The molecule has 0 spiro atoms. The lowest BCUT2D eigenvalue weighted by molar-refractivity contribution is -0.148. The summed E-state index contributed by atoms with van der Waals surface area (Å²) in [5.41, 5.74) is -1.43. The SMILES string of the molecule is CC1(C)CCC(C)(C)N(CCOC(=O)CCCCCCCCC(=O)OCCN2C(=O)CC(C)(C)NC(C)(C)CCC2(C)C)C(=O)CC(C)(C)N1. The Morgan fingerprint density at radius 3 is 1.18 bits per heavy atom. The number of ether oxygens (including phenoxy) is 2. The summed E-state index contributed by atoms with van der Waals surface area (Å²) in [5.74, 6) is -0.267. The van der Waals surface area contributed by atoms with Gasteiger partial charge in [0, 0.05) is 58.9 Å². The molecule has 10 heteroatoms. The first-order chi connectivity index (χ1) is 22.9. The lowest BCUT2D eigenvalue weighted by Crippen LogP contribution is -2.53. The van der Waals surface area contributed by atoms with Crippen LogP contribution in [-0.4, -0.2) is 93.1 Å². The predicted octanol–water partition coefficient (Wildman–Crippen LogP) is 7.07. The van der Waals surface area contributed by atoms with Gasteiger partial charge in [0.1, 0.15) is 13.2 Å². The lowest BCUT2D eigenvalue weighted by Gasteiger charge is -2.39. The summed E-state index contributed by atoms with van der Waals surface area (Å²) < 4.78 is 11.1. The monoisotopic (exact) mass is 707 g/mol. The zero-order valence-corrected chi connectivity index (χ0v) is 34.1. The molecular weight excluding hydrogens is 632 g/mol. The van der Waals surface area contributed by atoms with E-state index in [9.17, 15) is 19.2 Å². The van der Waals surface area contributed by atoms with Crippen LogP contribution in [0.4, 0.5) is 0 Å². The van der Waals surface area contributed by atoms with Crippen LogP contribution in [0.2, 0.25) is 0 Å². The summed E-state index contributed by atoms with van der Waals surface area (Å²) in [6.45, 7) is 26.7. The normalized spacial score (nSPS) is 23.0. The quantitative estimate of drug-likeness (QED) is 0.137. The standard InChI is InChI=1S/C40H74N4O6/c1-35(2)21-23-39(9,10)43(31(45)29-37(5,6)41-35)25-27-49-33(47)19-17-15-13-14-16-18-20-34(48)50-28-26-44-32(46)30-38(7,8)42-36(3,4)22-24-40(44,11)12/h41-42H,13-30H2,1-12H3. The van der Waals surface area contributed by atoms with Gasteiger partial charge in [0.15, 0.2) is 0 Å². The molecule has 2 amide bonds. The van der Waals surface area contributed by atoms with Crippen LogP contribution in [0.5, 0.6) is 0 Å². The van der Waals surface area contributed by atoms with E-state index in [-0.39, 0.29) is 70.2 Å². The lowest BCUT2D eigenvalue weighted by atomic mass is 9.87. The van der Waals surface area contributed by atoms with Crippen LogP contribution in [0.15, 0.2) is 0 Å². The van der Waals surface area contributed by atoms with Crippen LogP contribution in [0.25, 0.3) is 0 Å². The molecule has 0 atom stereocenters. The van der Waals surface area contributed by atoms with Crippen molar-refractivity contribution in [2.75, 3.05) is 26.3 Å². The highest BCUT2D eigenvalue weighted by Crippen LogP contribution is 2.32. The molecule has 0 saturated carbocycles. The first-order valence-electron chi connectivity index (χ1n) is 19.4. The fraction of sp³-hybridized carbons (Fsp3) is 0.900. The van der Waals surface area contributed by atoms with Crippen LogP contribution >= 0.6 is 0 Å². The summed E-state index contributed by atoms with van der Waals surface area (Å²) in [6, 6.07) is 0. The van der Waals surface area contributed by atoms with Crippen molar-refractivity contribution in [3.8, 4) is 0 Å². The van der Waals surface area contributed by atoms with Crippen molar-refractivity contribution in [1.29, 1.82) is 0 Å². The van der Waals surface area contributed by atoms with Gasteiger partial charge in [-0.1, -0.05) is 25.7 Å². The third kappa shape index (κ3) is 15.6. The number of nitrogens with zero attached hydrogens (tertiary/aromatic N) is 2. The van der Waals surface area contributed by atoms with Crippen molar-refractivity contribution in [3.63, 3.8) is 0 Å². The minimum Gasteiger partial charge on any atom is -0.464 e. The Bertz CT molecular complexity index is 1050. The van der Waals surface area contributed by atoms with Crippen molar-refractivity contribution in [1.82, 2.24) is 20.4 Å². The second-order valence-corrected chi connectivity index (χ2v) is 18.9. The smallest absolute Gasteiger partial charge is 0.305 e. The van der Waals surface area contributed by atoms with E-state index in [1.807, 2.05) is 9.80 Å². The number of nitrogens with one attached hydrogen (secondary N) is 2. The molecule has 0 bridgehead atoms. The fourth-order valence-corrected chi connectivity index (χ4v) is 7.92. The van der Waals surface area contributed by atoms with Gasteiger partial charge in [0.2, 0.25) is 11.8 Å². The number of hydrogen-bond donors (Lipinski definition) is 2. The average molecular weight is 707 g/mol. The third-order valence-electron chi connectivity index (χ3n) is 10.5. The van der Waals surface area contributed by atoms with Gasteiger partial charge in [0.25, 0.3) is 0 Å². The molecule has 2 aliphatic heterocycles. The van der Waals surface area contributed by atoms with Crippen LogP contribution in [0, 0.1) is 0 Å². The maximum atomic E-state index is 13.3. The number of esters is 2. The van der Waals surface area contributed by atoms with E-state index in [1.165, 1.54) is 0 Å². The first-order valence-corrected chi connectivity index (χ1v) is 19.4. The molecule has 0 aromatic rings. The summed E-state index contributed by atoms with van der Waals surface area (Å²) in [7, 11) is 0. The van der Waals surface area contributed by atoms with Gasteiger partial charge >= 0.3 is 11.9 Å². The maximum absolute atomic E-state index is 13.3. The minimum absolute atomic E-state index is 0.0724. The molecule has 2 aliphatic rings. The topological polar surface area (TPSA) is 117 Å². The van der Waals surface area contributed by atoms with Crippen LogP contribution < -0.4 is 10.6 Å². The number of hydrogen-bond acceptors (Lipinski definition) is 8. The highest BCUT2D eigenvalue weighted by atomic mass is 16.5. The molecule has 2 N–H and O–H groups in total. The molecule has 0 unspecified atom stereocenters. The number of rotatable bonds is 15. The average Bonchev–Trinajstić information content (AvgIpc) is 2.98. The molecule has 0 aromatic heterocycles. The minimum atomic E-state index is -0.323. The zero-order chi connectivity index (χ0) is 38.0. The van der Waals surface area contributed by atoms with Crippen molar-refractivity contribution in [2.24, 2.45) is 0 Å². The third-order valence-corrected chi connectivity index (χ3v) is 10.5. The second-order valence-electron chi connectivity index (χ2n) is 18.9. The van der Waals surface area contributed by atoms with Gasteiger partial charge in [-0.05, 0) is 122 Å². The Morgan fingerprint density at radius 2 is 0.840 bits per heavy atom.